The second kappa shape index (κ2) is 9.78. The number of rotatable bonds is 6. The molecule has 1 heterocycles. The number of anilines is 1. The number of benzene rings is 1. The van der Waals surface area contributed by atoms with Gasteiger partial charge in [0.1, 0.15) is 0 Å². The molecule has 0 aromatic heterocycles. The van der Waals surface area contributed by atoms with Gasteiger partial charge in [0.2, 0.25) is 0 Å². The molecule has 0 N–H and O–H groups in total. The fourth-order valence-electron chi connectivity index (χ4n) is 4.81. The van der Waals surface area contributed by atoms with Gasteiger partial charge in [-0.05, 0) is 63.1 Å². The first-order chi connectivity index (χ1) is 13.0. The van der Waals surface area contributed by atoms with Gasteiger partial charge in [0.15, 0.2) is 0 Å². The Hall–Kier alpha value is -1.28. The molecule has 1 aromatic rings. The third-order valence-corrected chi connectivity index (χ3v) is 6.62. The minimum absolute atomic E-state index is 0.601. The van der Waals surface area contributed by atoms with E-state index < -0.39 is 0 Å². The Labute approximate surface area is 167 Å². The van der Waals surface area contributed by atoms with Crippen molar-refractivity contribution in [3.05, 3.63) is 41.5 Å². The molecule has 2 heteroatoms. The molecule has 0 radical (unpaired) electrons. The summed E-state index contributed by atoms with van der Waals surface area (Å²) in [6.45, 7) is 12.6. The van der Waals surface area contributed by atoms with Crippen molar-refractivity contribution >= 4 is 5.69 Å². The number of likely N-dealkylation sites (tertiary alicyclic amines) is 1. The van der Waals surface area contributed by atoms with Crippen LogP contribution in [-0.4, -0.2) is 36.6 Å². The molecule has 0 unspecified atom stereocenters. The summed E-state index contributed by atoms with van der Waals surface area (Å²) in [4.78, 5) is 5.46. The van der Waals surface area contributed by atoms with Crippen LogP contribution in [0.1, 0.15) is 84.1 Å². The van der Waals surface area contributed by atoms with E-state index in [0.717, 1.165) is 12.6 Å². The number of piperidine rings is 1. The van der Waals surface area contributed by atoms with Gasteiger partial charge in [0.25, 0.3) is 0 Å². The van der Waals surface area contributed by atoms with E-state index >= 15 is 0 Å². The molecule has 150 valence electrons. The van der Waals surface area contributed by atoms with E-state index in [1.54, 1.807) is 0 Å². The average molecular weight is 369 g/mol. The minimum Gasteiger partial charge on any atom is -0.365 e. The van der Waals surface area contributed by atoms with Crippen LogP contribution < -0.4 is 4.90 Å². The zero-order valence-corrected chi connectivity index (χ0v) is 18.1. The number of nitrogens with zero attached hydrogens (tertiary/aromatic N) is 2. The van der Waals surface area contributed by atoms with Gasteiger partial charge < -0.3 is 9.80 Å². The van der Waals surface area contributed by atoms with Gasteiger partial charge in [-0.1, -0.05) is 56.9 Å². The van der Waals surface area contributed by atoms with Gasteiger partial charge >= 0.3 is 0 Å². The largest absolute Gasteiger partial charge is 0.365 e. The van der Waals surface area contributed by atoms with Crippen molar-refractivity contribution in [2.24, 2.45) is 0 Å². The lowest BCUT2D eigenvalue weighted by atomic mass is 9.91. The topological polar surface area (TPSA) is 6.48 Å². The van der Waals surface area contributed by atoms with Gasteiger partial charge in [0, 0.05) is 37.4 Å². The molecule has 2 fully saturated rings. The molecule has 3 rings (SSSR count). The average Bonchev–Trinajstić information content (AvgIpc) is 2.69. The second-order valence-corrected chi connectivity index (χ2v) is 9.24. The van der Waals surface area contributed by atoms with Crippen LogP contribution in [0.2, 0.25) is 0 Å². The van der Waals surface area contributed by atoms with Crippen LogP contribution >= 0.6 is 0 Å². The van der Waals surface area contributed by atoms with Crippen LogP contribution in [0.4, 0.5) is 5.69 Å². The Balaban J connectivity index is 1.67. The van der Waals surface area contributed by atoms with Crippen molar-refractivity contribution in [2.45, 2.75) is 90.6 Å². The summed E-state index contributed by atoms with van der Waals surface area (Å²) in [6.07, 6.45) is 12.2. The first kappa shape index (κ1) is 20.5. The highest BCUT2D eigenvalue weighted by atomic mass is 15.2. The molecule has 1 aliphatic heterocycles. The van der Waals surface area contributed by atoms with Gasteiger partial charge in [-0.2, -0.15) is 0 Å². The van der Waals surface area contributed by atoms with Gasteiger partial charge in [-0.25, -0.2) is 0 Å². The van der Waals surface area contributed by atoms with Crippen molar-refractivity contribution in [1.82, 2.24) is 4.90 Å². The summed E-state index contributed by atoms with van der Waals surface area (Å²) < 4.78 is 0. The fourth-order valence-corrected chi connectivity index (χ4v) is 4.81. The van der Waals surface area contributed by atoms with Crippen molar-refractivity contribution in [3.8, 4) is 0 Å². The van der Waals surface area contributed by atoms with E-state index in [4.69, 9.17) is 0 Å². The summed E-state index contributed by atoms with van der Waals surface area (Å²) in [5.74, 6) is 0.601. The molecule has 0 bridgehead atoms. The Morgan fingerprint density at radius 2 is 1.63 bits per heavy atom. The normalized spacial score (nSPS) is 20.0. The molecule has 0 spiro atoms. The summed E-state index contributed by atoms with van der Waals surface area (Å²) >= 11 is 0. The zero-order valence-electron chi connectivity index (χ0n) is 18.1. The van der Waals surface area contributed by atoms with Gasteiger partial charge in [-0.3, -0.25) is 0 Å². The van der Waals surface area contributed by atoms with E-state index in [0.29, 0.717) is 12.0 Å². The Morgan fingerprint density at radius 3 is 2.19 bits per heavy atom. The van der Waals surface area contributed by atoms with E-state index in [-0.39, 0.29) is 0 Å². The van der Waals surface area contributed by atoms with Crippen LogP contribution in [0.3, 0.4) is 0 Å². The lowest BCUT2D eigenvalue weighted by molar-refractivity contribution is 0.121. The monoisotopic (exact) mass is 368 g/mol. The maximum atomic E-state index is 2.80. The molecular formula is C25H40N2. The van der Waals surface area contributed by atoms with Crippen molar-refractivity contribution in [2.75, 3.05) is 24.5 Å². The van der Waals surface area contributed by atoms with Crippen LogP contribution in [0.25, 0.3) is 0 Å². The molecule has 2 nitrogen and oxygen atoms in total. The van der Waals surface area contributed by atoms with Gasteiger partial charge in [0.05, 0.1) is 0 Å². The van der Waals surface area contributed by atoms with Crippen molar-refractivity contribution < 1.29 is 0 Å². The lowest BCUT2D eigenvalue weighted by Gasteiger charge is -2.43. The van der Waals surface area contributed by atoms with Crippen LogP contribution in [0.5, 0.6) is 0 Å². The number of allylic oxidation sites excluding steroid dienone is 1. The highest BCUT2D eigenvalue weighted by molar-refractivity contribution is 5.50. The van der Waals surface area contributed by atoms with Gasteiger partial charge in [-0.15, -0.1) is 0 Å². The Bertz CT molecular complexity index is 583. The first-order valence-corrected chi connectivity index (χ1v) is 11.3. The summed E-state index contributed by atoms with van der Waals surface area (Å²) in [5.41, 5.74) is 4.25. The van der Waals surface area contributed by atoms with E-state index in [1.165, 1.54) is 74.9 Å². The molecule has 1 aromatic carbocycles. The van der Waals surface area contributed by atoms with Crippen LogP contribution in [0.15, 0.2) is 35.9 Å². The Morgan fingerprint density at radius 1 is 1.00 bits per heavy atom. The lowest BCUT2D eigenvalue weighted by Crippen LogP contribution is -2.48. The molecule has 27 heavy (non-hydrogen) atoms. The first-order valence-electron chi connectivity index (χ1n) is 11.3. The van der Waals surface area contributed by atoms with E-state index in [9.17, 15) is 0 Å². The smallest absolute Gasteiger partial charge is 0.0371 e. The molecule has 1 aliphatic carbocycles. The van der Waals surface area contributed by atoms with Crippen LogP contribution in [0, 0.1) is 0 Å². The minimum atomic E-state index is 0.601. The van der Waals surface area contributed by atoms with Crippen molar-refractivity contribution in [1.29, 1.82) is 0 Å². The molecule has 0 atom stereocenters. The maximum absolute atomic E-state index is 2.80. The third kappa shape index (κ3) is 5.60. The third-order valence-electron chi connectivity index (χ3n) is 6.62. The highest BCUT2D eigenvalue weighted by Gasteiger charge is 2.28. The zero-order chi connectivity index (χ0) is 19.2. The number of hydrogen-bond acceptors (Lipinski definition) is 2. The SMILES string of the molecule is CC(C)=CCN(c1ccc(C(C)C)cc1)C1CCN(C2CCCCC2)CC1. The van der Waals surface area contributed by atoms with E-state index in [2.05, 4.69) is 67.8 Å². The molecule has 1 saturated carbocycles. The molecule has 2 aliphatic rings. The predicted octanol–water partition coefficient (Wildman–Crippen LogP) is 6.38. The number of hydrogen-bond donors (Lipinski definition) is 0. The summed E-state index contributed by atoms with van der Waals surface area (Å²) in [5, 5.41) is 0. The Kier molecular flexibility index (Phi) is 7.41. The summed E-state index contributed by atoms with van der Waals surface area (Å²) in [7, 11) is 0. The van der Waals surface area contributed by atoms with E-state index in [1.807, 2.05) is 0 Å². The predicted molar refractivity (Wildman–Crippen MR) is 119 cm³/mol. The fraction of sp³-hybridized carbons (Fsp3) is 0.680. The quantitative estimate of drug-likeness (QED) is 0.538. The standard InChI is InChI=1S/C25H40N2/c1-20(2)14-19-27(24-12-10-22(11-13-24)21(3)4)25-15-17-26(18-16-25)23-8-6-5-7-9-23/h10-14,21,23,25H,5-9,15-19H2,1-4H3. The molecule has 0 amide bonds. The van der Waals surface area contributed by atoms with Crippen molar-refractivity contribution in [3.63, 3.8) is 0 Å². The molecule has 1 saturated heterocycles. The van der Waals surface area contributed by atoms with Crippen LogP contribution in [-0.2, 0) is 0 Å². The second-order valence-electron chi connectivity index (χ2n) is 9.24. The summed E-state index contributed by atoms with van der Waals surface area (Å²) in [6, 6.07) is 10.9. The maximum Gasteiger partial charge on any atom is 0.0371 e. The highest BCUT2D eigenvalue weighted by Crippen LogP contribution is 2.29. The molecular weight excluding hydrogens is 328 g/mol.